The molecular weight excluding hydrogens is 200 g/mol. The summed E-state index contributed by atoms with van der Waals surface area (Å²) in [5.74, 6) is 2.53. The summed E-state index contributed by atoms with van der Waals surface area (Å²) < 4.78 is 0. The van der Waals surface area contributed by atoms with Gasteiger partial charge in [0.15, 0.2) is 0 Å². The zero-order chi connectivity index (χ0) is 12.3. The summed E-state index contributed by atoms with van der Waals surface area (Å²) in [4.78, 5) is 13.8. The molecule has 0 saturated carbocycles. The van der Waals surface area contributed by atoms with Gasteiger partial charge in [0.1, 0.15) is 0 Å². The van der Waals surface area contributed by atoms with E-state index in [2.05, 4.69) is 27.7 Å². The van der Waals surface area contributed by atoms with Crippen molar-refractivity contribution in [3.8, 4) is 0 Å². The van der Waals surface area contributed by atoms with Crippen LogP contribution in [0.25, 0.3) is 0 Å². The molecule has 3 heteroatoms. The molecule has 1 heterocycles. The van der Waals surface area contributed by atoms with Crippen LogP contribution in [0.3, 0.4) is 0 Å². The molecular formula is C13H26N2O. The standard InChI is InChI=1S/C13H26N2O/c1-9(2)12(10(3)4)8-15-7-11(6-14)5-13(15)16/h9-12H,5-8,14H2,1-4H3. The van der Waals surface area contributed by atoms with Gasteiger partial charge in [-0.1, -0.05) is 27.7 Å². The van der Waals surface area contributed by atoms with Gasteiger partial charge in [-0.2, -0.15) is 0 Å². The molecule has 1 amide bonds. The summed E-state index contributed by atoms with van der Waals surface area (Å²) in [5.41, 5.74) is 5.63. The number of carbonyl (C=O) groups excluding carboxylic acids is 1. The molecule has 0 aromatic carbocycles. The maximum absolute atomic E-state index is 11.8. The summed E-state index contributed by atoms with van der Waals surface area (Å²) in [6.45, 7) is 11.4. The highest BCUT2D eigenvalue weighted by Crippen LogP contribution is 2.25. The Bertz CT molecular complexity index is 230. The van der Waals surface area contributed by atoms with Gasteiger partial charge in [-0.05, 0) is 30.2 Å². The number of hydrogen-bond acceptors (Lipinski definition) is 2. The first-order valence-corrected chi connectivity index (χ1v) is 6.43. The highest BCUT2D eigenvalue weighted by Gasteiger charge is 2.31. The molecule has 0 aliphatic carbocycles. The Morgan fingerprint density at radius 2 is 1.88 bits per heavy atom. The first kappa shape index (κ1) is 13.5. The second-order valence-corrected chi connectivity index (χ2v) is 5.76. The minimum Gasteiger partial charge on any atom is -0.342 e. The van der Waals surface area contributed by atoms with Gasteiger partial charge in [-0.15, -0.1) is 0 Å². The molecule has 1 unspecified atom stereocenters. The van der Waals surface area contributed by atoms with Crippen molar-refractivity contribution in [1.82, 2.24) is 4.90 Å². The lowest BCUT2D eigenvalue weighted by molar-refractivity contribution is -0.128. The van der Waals surface area contributed by atoms with Crippen molar-refractivity contribution >= 4 is 5.91 Å². The molecule has 3 nitrogen and oxygen atoms in total. The molecule has 16 heavy (non-hydrogen) atoms. The quantitative estimate of drug-likeness (QED) is 0.776. The molecule has 1 fully saturated rings. The Hall–Kier alpha value is -0.570. The highest BCUT2D eigenvalue weighted by molar-refractivity contribution is 5.78. The van der Waals surface area contributed by atoms with Gasteiger partial charge in [-0.25, -0.2) is 0 Å². The van der Waals surface area contributed by atoms with Gasteiger partial charge in [0.05, 0.1) is 0 Å². The van der Waals surface area contributed by atoms with Crippen LogP contribution in [-0.2, 0) is 4.79 Å². The number of nitrogens with two attached hydrogens (primary N) is 1. The van der Waals surface area contributed by atoms with E-state index in [1.54, 1.807) is 0 Å². The second kappa shape index (κ2) is 5.67. The van der Waals surface area contributed by atoms with Gasteiger partial charge in [-0.3, -0.25) is 4.79 Å². The molecule has 1 aliphatic heterocycles. The van der Waals surface area contributed by atoms with Crippen LogP contribution >= 0.6 is 0 Å². The zero-order valence-electron chi connectivity index (χ0n) is 11.1. The summed E-state index contributed by atoms with van der Waals surface area (Å²) >= 11 is 0. The summed E-state index contributed by atoms with van der Waals surface area (Å²) in [5, 5.41) is 0. The Balaban J connectivity index is 2.55. The third-order valence-electron chi connectivity index (χ3n) is 3.77. The second-order valence-electron chi connectivity index (χ2n) is 5.76. The first-order chi connectivity index (χ1) is 7.45. The average Bonchev–Trinajstić information content (AvgIpc) is 2.54. The maximum Gasteiger partial charge on any atom is 0.222 e. The normalized spacial score (nSPS) is 21.9. The largest absolute Gasteiger partial charge is 0.342 e. The van der Waals surface area contributed by atoms with E-state index in [0.717, 1.165) is 13.1 Å². The molecule has 1 aliphatic rings. The van der Waals surface area contributed by atoms with Gasteiger partial charge < -0.3 is 10.6 Å². The van der Waals surface area contributed by atoms with Crippen molar-refractivity contribution in [2.45, 2.75) is 34.1 Å². The van der Waals surface area contributed by atoms with Gasteiger partial charge in [0.25, 0.3) is 0 Å². The minimum atomic E-state index is 0.293. The molecule has 1 rings (SSSR count). The predicted octanol–water partition coefficient (Wildman–Crippen LogP) is 1.72. The van der Waals surface area contributed by atoms with Crippen LogP contribution in [0.1, 0.15) is 34.1 Å². The molecule has 1 atom stereocenters. The lowest BCUT2D eigenvalue weighted by Gasteiger charge is -2.29. The number of amides is 1. The van der Waals surface area contributed by atoms with Crippen LogP contribution < -0.4 is 5.73 Å². The average molecular weight is 226 g/mol. The fourth-order valence-electron chi connectivity index (χ4n) is 2.63. The van der Waals surface area contributed by atoms with Crippen LogP contribution in [0.4, 0.5) is 0 Å². The summed E-state index contributed by atoms with van der Waals surface area (Å²) in [6.07, 6.45) is 0.652. The number of nitrogens with zero attached hydrogens (tertiary/aromatic N) is 1. The molecule has 1 saturated heterocycles. The van der Waals surface area contributed by atoms with E-state index in [-0.39, 0.29) is 0 Å². The summed E-state index contributed by atoms with van der Waals surface area (Å²) in [7, 11) is 0. The van der Waals surface area contributed by atoms with E-state index < -0.39 is 0 Å². The molecule has 0 aromatic rings. The Labute approximate surface area is 99.4 Å². The van der Waals surface area contributed by atoms with Crippen molar-refractivity contribution in [2.24, 2.45) is 29.4 Å². The van der Waals surface area contributed by atoms with Crippen molar-refractivity contribution < 1.29 is 4.79 Å². The van der Waals surface area contributed by atoms with E-state index in [0.29, 0.717) is 42.5 Å². The van der Waals surface area contributed by atoms with E-state index in [9.17, 15) is 4.79 Å². The van der Waals surface area contributed by atoms with Crippen molar-refractivity contribution in [2.75, 3.05) is 19.6 Å². The number of hydrogen-bond donors (Lipinski definition) is 1. The summed E-state index contributed by atoms with van der Waals surface area (Å²) in [6, 6.07) is 0. The topological polar surface area (TPSA) is 46.3 Å². The Morgan fingerprint density at radius 3 is 2.25 bits per heavy atom. The van der Waals surface area contributed by atoms with E-state index >= 15 is 0 Å². The monoisotopic (exact) mass is 226 g/mol. The Kier molecular flexibility index (Phi) is 4.78. The highest BCUT2D eigenvalue weighted by atomic mass is 16.2. The van der Waals surface area contributed by atoms with Crippen molar-refractivity contribution in [1.29, 1.82) is 0 Å². The number of rotatable bonds is 5. The van der Waals surface area contributed by atoms with Gasteiger partial charge >= 0.3 is 0 Å². The molecule has 0 spiro atoms. The van der Waals surface area contributed by atoms with E-state index in [1.807, 2.05) is 4.90 Å². The fourth-order valence-corrected chi connectivity index (χ4v) is 2.63. The van der Waals surface area contributed by atoms with Crippen LogP contribution in [0.15, 0.2) is 0 Å². The molecule has 94 valence electrons. The van der Waals surface area contributed by atoms with Gasteiger partial charge in [0.2, 0.25) is 5.91 Å². The third kappa shape index (κ3) is 3.21. The Morgan fingerprint density at radius 1 is 1.31 bits per heavy atom. The minimum absolute atomic E-state index is 0.293. The zero-order valence-corrected chi connectivity index (χ0v) is 11.1. The van der Waals surface area contributed by atoms with E-state index in [4.69, 9.17) is 5.73 Å². The third-order valence-corrected chi connectivity index (χ3v) is 3.77. The smallest absolute Gasteiger partial charge is 0.222 e. The lowest BCUT2D eigenvalue weighted by atomic mass is 9.85. The lowest BCUT2D eigenvalue weighted by Crippen LogP contribution is -2.35. The fraction of sp³-hybridized carbons (Fsp3) is 0.923. The van der Waals surface area contributed by atoms with Crippen molar-refractivity contribution in [3.63, 3.8) is 0 Å². The van der Waals surface area contributed by atoms with Crippen LogP contribution in [-0.4, -0.2) is 30.4 Å². The molecule has 0 bridgehead atoms. The van der Waals surface area contributed by atoms with Crippen LogP contribution in [0, 0.1) is 23.7 Å². The van der Waals surface area contributed by atoms with E-state index in [1.165, 1.54) is 0 Å². The maximum atomic E-state index is 11.8. The van der Waals surface area contributed by atoms with Crippen LogP contribution in [0.2, 0.25) is 0 Å². The molecule has 2 N–H and O–H groups in total. The van der Waals surface area contributed by atoms with Crippen LogP contribution in [0.5, 0.6) is 0 Å². The van der Waals surface area contributed by atoms with Crippen molar-refractivity contribution in [3.05, 3.63) is 0 Å². The molecule has 0 aromatic heterocycles. The first-order valence-electron chi connectivity index (χ1n) is 6.43. The number of likely N-dealkylation sites (tertiary alicyclic amines) is 1. The predicted molar refractivity (Wildman–Crippen MR) is 66.9 cm³/mol. The van der Waals surface area contributed by atoms with Gasteiger partial charge in [0, 0.05) is 19.5 Å². The SMILES string of the molecule is CC(C)C(CN1CC(CN)CC1=O)C(C)C. The number of carbonyl (C=O) groups is 1. The molecule has 0 radical (unpaired) electrons.